The molecular weight excluding hydrogens is 410 g/mol. The number of nitrogens with zero attached hydrogens (tertiary/aromatic N) is 2. The average Bonchev–Trinajstić information content (AvgIpc) is 3.26. The van der Waals surface area contributed by atoms with Gasteiger partial charge in [0.25, 0.3) is 0 Å². The maximum absolute atomic E-state index is 12.0. The van der Waals surface area contributed by atoms with Crippen molar-refractivity contribution < 1.29 is 8.42 Å². The van der Waals surface area contributed by atoms with Gasteiger partial charge in [-0.2, -0.15) is 5.10 Å². The van der Waals surface area contributed by atoms with Crippen molar-refractivity contribution in [2.24, 2.45) is 0 Å². The van der Waals surface area contributed by atoms with Crippen molar-refractivity contribution in [3.8, 4) is 5.69 Å². The van der Waals surface area contributed by atoms with Crippen LogP contribution in [0.1, 0.15) is 83.4 Å². The number of nitrogens with one attached hydrogen (secondary N) is 1. The third kappa shape index (κ3) is 7.12. The fraction of sp³-hybridized carbons (Fsp3) is 0.700. The fourth-order valence-electron chi connectivity index (χ4n) is 3.42. The Balaban J connectivity index is 1.77. The molecule has 0 saturated carbocycles. The first-order chi connectivity index (χ1) is 13.4. The molecule has 28 heavy (non-hydrogen) atoms. The minimum absolute atomic E-state index is 0.338. The zero-order valence-corrected chi connectivity index (χ0v) is 19.5. The summed E-state index contributed by atoms with van der Waals surface area (Å²) >= 11 is 6.57. The van der Waals surface area contributed by atoms with Crippen molar-refractivity contribution in [2.45, 2.75) is 88.2 Å². The van der Waals surface area contributed by atoms with E-state index in [4.69, 9.17) is 12.2 Å². The Morgan fingerprint density at radius 1 is 1.04 bits per heavy atom. The lowest BCUT2D eigenvalue weighted by molar-refractivity contribution is 0.547. The van der Waals surface area contributed by atoms with Crippen molar-refractivity contribution in [3.63, 3.8) is 0 Å². The number of aromatic nitrogens is 3. The Bertz CT molecular complexity index is 865. The molecule has 0 amide bonds. The molecule has 2 heterocycles. The van der Waals surface area contributed by atoms with Gasteiger partial charge in [-0.15, -0.1) is 11.3 Å². The monoisotopic (exact) mass is 443 g/mol. The molecular formula is C20H33N3O2S3. The van der Waals surface area contributed by atoms with Crippen LogP contribution in [0.25, 0.3) is 5.69 Å². The normalized spacial score (nSPS) is 11.9. The molecule has 2 rings (SSSR count). The summed E-state index contributed by atoms with van der Waals surface area (Å²) in [6, 6.07) is 1.80. The van der Waals surface area contributed by atoms with E-state index in [0.29, 0.717) is 14.7 Å². The first kappa shape index (κ1) is 23.3. The second kappa shape index (κ2) is 11.9. The van der Waals surface area contributed by atoms with Gasteiger partial charge >= 0.3 is 0 Å². The van der Waals surface area contributed by atoms with Gasteiger partial charge in [-0.25, -0.2) is 8.42 Å². The average molecular weight is 444 g/mol. The molecule has 0 aliphatic carbocycles. The van der Waals surface area contributed by atoms with Crippen molar-refractivity contribution in [2.75, 3.05) is 6.26 Å². The van der Waals surface area contributed by atoms with Crippen LogP contribution in [-0.4, -0.2) is 29.4 Å². The van der Waals surface area contributed by atoms with Gasteiger partial charge < -0.3 is 0 Å². The number of aromatic amines is 1. The molecule has 0 aromatic carbocycles. The van der Waals surface area contributed by atoms with Gasteiger partial charge in [-0.05, 0) is 30.1 Å². The van der Waals surface area contributed by atoms with Gasteiger partial charge in [0, 0.05) is 12.7 Å². The summed E-state index contributed by atoms with van der Waals surface area (Å²) in [6.07, 6.45) is 16.3. The number of aryl methyl sites for hydroxylation is 1. The first-order valence-corrected chi connectivity index (χ1v) is 13.6. The molecule has 8 heteroatoms. The molecule has 0 fully saturated rings. The summed E-state index contributed by atoms with van der Waals surface area (Å²) in [5.41, 5.74) is 0.615. The van der Waals surface area contributed by atoms with Crippen LogP contribution in [-0.2, 0) is 16.3 Å². The Labute approximate surface area is 178 Å². The van der Waals surface area contributed by atoms with Crippen LogP contribution >= 0.6 is 23.6 Å². The molecule has 2 aromatic heterocycles. The largest absolute Gasteiger partial charge is 0.270 e. The van der Waals surface area contributed by atoms with Crippen molar-refractivity contribution in [1.82, 2.24) is 14.8 Å². The van der Waals surface area contributed by atoms with Crippen LogP contribution in [0.3, 0.4) is 0 Å². The summed E-state index contributed by atoms with van der Waals surface area (Å²) in [5, 5.41) is 8.94. The predicted molar refractivity (Wildman–Crippen MR) is 120 cm³/mol. The van der Waals surface area contributed by atoms with Crippen LogP contribution in [0.5, 0.6) is 0 Å². The smallest absolute Gasteiger partial charge is 0.199 e. The van der Waals surface area contributed by atoms with Crippen LogP contribution < -0.4 is 0 Å². The zero-order chi connectivity index (χ0) is 20.4. The maximum atomic E-state index is 12.0. The minimum Gasteiger partial charge on any atom is -0.270 e. The van der Waals surface area contributed by atoms with Crippen LogP contribution in [0.4, 0.5) is 0 Å². The fourth-order valence-corrected chi connectivity index (χ4v) is 5.68. The number of unbranched alkanes of at least 4 members (excludes halogenated alkanes) is 10. The molecule has 1 N–H and O–H groups in total. The van der Waals surface area contributed by atoms with Gasteiger partial charge in [0.15, 0.2) is 14.6 Å². The van der Waals surface area contributed by atoms with Crippen molar-refractivity contribution >= 4 is 33.4 Å². The molecule has 0 bridgehead atoms. The molecule has 0 radical (unpaired) electrons. The van der Waals surface area contributed by atoms with Crippen LogP contribution in [0.15, 0.2) is 15.7 Å². The molecule has 0 unspecified atom stereocenters. The summed E-state index contributed by atoms with van der Waals surface area (Å²) in [6.45, 7) is 2.25. The summed E-state index contributed by atoms with van der Waals surface area (Å²) in [4.78, 5) is 0. The number of sulfone groups is 1. The lowest BCUT2D eigenvalue weighted by Gasteiger charge is -2.07. The van der Waals surface area contributed by atoms with E-state index in [2.05, 4.69) is 17.1 Å². The molecule has 0 aliphatic rings. The quantitative estimate of drug-likeness (QED) is 0.277. The lowest BCUT2D eigenvalue weighted by Crippen LogP contribution is -2.05. The van der Waals surface area contributed by atoms with Crippen LogP contribution in [0.2, 0.25) is 0 Å². The van der Waals surface area contributed by atoms with Crippen LogP contribution in [0, 0.1) is 4.77 Å². The highest BCUT2D eigenvalue weighted by Gasteiger charge is 2.19. The molecule has 2 aromatic rings. The molecule has 0 atom stereocenters. The van der Waals surface area contributed by atoms with E-state index in [-0.39, 0.29) is 0 Å². The Morgan fingerprint density at radius 3 is 2.18 bits per heavy atom. The standard InChI is InChI=1S/C20H33N3O2S3/c1-3-4-5-6-7-8-9-10-11-12-13-14-18-21-22-20(26)23(18)17-15-16-27-19(17)28(2,24)25/h15-16H,3-14H2,1-2H3,(H,22,26). The van der Waals surface area contributed by atoms with E-state index >= 15 is 0 Å². The predicted octanol–water partition coefficient (Wildman–Crippen LogP) is 6.25. The summed E-state index contributed by atoms with van der Waals surface area (Å²) in [7, 11) is -3.29. The Morgan fingerprint density at radius 2 is 1.61 bits per heavy atom. The number of thiophene rings is 1. The molecule has 5 nitrogen and oxygen atoms in total. The molecule has 0 saturated heterocycles. The van der Waals surface area contributed by atoms with E-state index in [1.54, 1.807) is 16.0 Å². The second-order valence-corrected chi connectivity index (χ2v) is 10.9. The molecule has 158 valence electrons. The van der Waals surface area contributed by atoms with Gasteiger partial charge in [-0.1, -0.05) is 71.1 Å². The molecule has 0 spiro atoms. The number of hydrogen-bond acceptors (Lipinski definition) is 5. The minimum atomic E-state index is -3.29. The third-order valence-electron chi connectivity index (χ3n) is 4.93. The van der Waals surface area contributed by atoms with E-state index in [1.807, 2.05) is 0 Å². The number of rotatable bonds is 14. The third-order valence-corrected chi connectivity index (χ3v) is 7.98. The van der Waals surface area contributed by atoms with Gasteiger partial charge in [0.05, 0.1) is 5.69 Å². The first-order valence-electron chi connectivity index (χ1n) is 10.4. The number of hydrogen-bond donors (Lipinski definition) is 1. The highest BCUT2D eigenvalue weighted by molar-refractivity contribution is 7.92. The van der Waals surface area contributed by atoms with E-state index in [0.717, 1.165) is 25.1 Å². The van der Waals surface area contributed by atoms with Gasteiger partial charge in [0.1, 0.15) is 10.0 Å². The lowest BCUT2D eigenvalue weighted by atomic mass is 10.1. The highest BCUT2D eigenvalue weighted by Crippen LogP contribution is 2.27. The molecule has 0 aliphatic heterocycles. The van der Waals surface area contributed by atoms with Crippen molar-refractivity contribution in [1.29, 1.82) is 0 Å². The maximum Gasteiger partial charge on any atom is 0.199 e. The zero-order valence-electron chi connectivity index (χ0n) is 17.1. The summed E-state index contributed by atoms with van der Waals surface area (Å²) < 4.78 is 26.6. The van der Waals surface area contributed by atoms with Gasteiger partial charge in [-0.3, -0.25) is 9.67 Å². The second-order valence-electron chi connectivity index (χ2n) is 7.43. The SMILES string of the molecule is CCCCCCCCCCCCCc1n[nH]c(=S)n1-c1ccsc1S(C)(=O)=O. The van der Waals surface area contributed by atoms with Gasteiger partial charge in [0.2, 0.25) is 0 Å². The number of H-pyrrole nitrogens is 1. The Hall–Kier alpha value is -0.990. The van der Waals surface area contributed by atoms with E-state index < -0.39 is 9.84 Å². The highest BCUT2D eigenvalue weighted by atomic mass is 32.2. The van der Waals surface area contributed by atoms with Crippen molar-refractivity contribution in [3.05, 3.63) is 22.0 Å². The van der Waals surface area contributed by atoms with E-state index in [9.17, 15) is 8.42 Å². The topological polar surface area (TPSA) is 67.8 Å². The Kier molecular flexibility index (Phi) is 9.88. The van der Waals surface area contributed by atoms with E-state index in [1.165, 1.54) is 75.4 Å². The summed E-state index contributed by atoms with van der Waals surface area (Å²) in [5.74, 6) is 0.809.